The van der Waals surface area contributed by atoms with Crippen LogP contribution in [0.1, 0.15) is 29.5 Å². The van der Waals surface area contributed by atoms with E-state index in [4.69, 9.17) is 0 Å². The molecule has 132 valence electrons. The summed E-state index contributed by atoms with van der Waals surface area (Å²) >= 11 is 0. The summed E-state index contributed by atoms with van der Waals surface area (Å²) in [5.74, 6) is 0.0242. The minimum atomic E-state index is -4.35. The zero-order valence-electron chi connectivity index (χ0n) is 13.9. The van der Waals surface area contributed by atoms with Crippen LogP contribution in [-0.4, -0.2) is 18.6 Å². The van der Waals surface area contributed by atoms with E-state index in [1.165, 1.54) is 12.1 Å². The van der Waals surface area contributed by atoms with Gasteiger partial charge in [0.2, 0.25) is 0 Å². The van der Waals surface area contributed by atoms with Crippen LogP contribution in [0.2, 0.25) is 0 Å². The molecule has 3 rings (SSSR count). The van der Waals surface area contributed by atoms with E-state index in [2.05, 4.69) is 10.6 Å². The third kappa shape index (κ3) is 3.48. The van der Waals surface area contributed by atoms with Gasteiger partial charge in [0.1, 0.15) is 0 Å². The van der Waals surface area contributed by atoms with E-state index in [9.17, 15) is 18.0 Å². The zero-order valence-corrected chi connectivity index (χ0v) is 13.9. The molecular weight excluding hydrogens is 329 g/mol. The minimum absolute atomic E-state index is 0.0242. The number of urea groups is 1. The summed E-state index contributed by atoms with van der Waals surface area (Å²) in [5.41, 5.74) is 3.00. The van der Waals surface area contributed by atoms with Crippen molar-refractivity contribution < 1.29 is 18.0 Å². The maximum atomic E-state index is 12.8. The summed E-state index contributed by atoms with van der Waals surface area (Å²) in [6, 6.07) is 10.8. The van der Waals surface area contributed by atoms with Crippen LogP contribution in [-0.2, 0) is 6.18 Å². The van der Waals surface area contributed by atoms with E-state index >= 15 is 0 Å². The van der Waals surface area contributed by atoms with Gasteiger partial charge in [0.15, 0.2) is 0 Å². The van der Waals surface area contributed by atoms with Crippen molar-refractivity contribution in [1.82, 2.24) is 10.6 Å². The highest BCUT2D eigenvalue weighted by Gasteiger charge is 2.31. The monoisotopic (exact) mass is 348 g/mol. The van der Waals surface area contributed by atoms with Gasteiger partial charge >= 0.3 is 12.2 Å². The Kier molecular flexibility index (Phi) is 4.45. The van der Waals surface area contributed by atoms with Crippen LogP contribution in [0, 0.1) is 6.92 Å². The number of aryl methyl sites for hydroxylation is 1. The second-order valence-electron chi connectivity index (χ2n) is 6.36. The Labute approximate surface area is 144 Å². The van der Waals surface area contributed by atoms with Gasteiger partial charge < -0.3 is 10.6 Å². The molecule has 1 aliphatic rings. The lowest BCUT2D eigenvalue weighted by molar-refractivity contribution is -0.137. The molecule has 2 unspecified atom stereocenters. The summed E-state index contributed by atoms with van der Waals surface area (Å²) in [6.45, 7) is 4.48. The Hall–Kier alpha value is -2.50. The molecule has 1 fully saturated rings. The fourth-order valence-corrected chi connectivity index (χ4v) is 3.28. The highest BCUT2D eigenvalue weighted by Crippen LogP contribution is 2.36. The summed E-state index contributed by atoms with van der Waals surface area (Å²) in [4.78, 5) is 11.4. The standard InChI is InChI=1S/C19H19F3N2O/c1-11-4-3-5-15(12(2)16-10-23-18(25)24-16)17(11)13-6-8-14(9-7-13)19(20,21)22/h3-9,12,16H,10H2,1-2H3,(H2,23,24,25). The molecule has 2 aromatic rings. The van der Waals surface area contributed by atoms with Crippen molar-refractivity contribution in [2.24, 2.45) is 0 Å². The molecule has 0 saturated carbocycles. The average molecular weight is 348 g/mol. The molecular formula is C19H19F3N2O. The molecule has 2 atom stereocenters. The molecule has 0 aliphatic carbocycles. The van der Waals surface area contributed by atoms with Gasteiger partial charge in [-0.3, -0.25) is 0 Å². The molecule has 2 N–H and O–H groups in total. The lowest BCUT2D eigenvalue weighted by Gasteiger charge is -2.23. The molecule has 3 nitrogen and oxygen atoms in total. The number of halogens is 3. The van der Waals surface area contributed by atoms with Crippen LogP contribution in [0.5, 0.6) is 0 Å². The fourth-order valence-electron chi connectivity index (χ4n) is 3.28. The van der Waals surface area contributed by atoms with Gasteiger partial charge in [0.25, 0.3) is 0 Å². The van der Waals surface area contributed by atoms with Crippen LogP contribution in [0.15, 0.2) is 42.5 Å². The maximum Gasteiger partial charge on any atom is 0.416 e. The third-order valence-electron chi connectivity index (χ3n) is 4.70. The third-order valence-corrected chi connectivity index (χ3v) is 4.70. The number of nitrogens with one attached hydrogen (secondary N) is 2. The first-order valence-electron chi connectivity index (χ1n) is 8.09. The SMILES string of the molecule is Cc1cccc(C(C)C2CNC(=O)N2)c1-c1ccc(C(F)(F)F)cc1. The highest BCUT2D eigenvalue weighted by atomic mass is 19.4. The predicted octanol–water partition coefficient (Wildman–Crippen LogP) is 4.47. The average Bonchev–Trinajstić information content (AvgIpc) is 3.00. The summed E-state index contributed by atoms with van der Waals surface area (Å²) < 4.78 is 38.4. The van der Waals surface area contributed by atoms with Crippen molar-refractivity contribution in [3.05, 3.63) is 59.2 Å². The number of alkyl halides is 3. The van der Waals surface area contributed by atoms with E-state index in [1.54, 1.807) is 0 Å². The zero-order chi connectivity index (χ0) is 18.2. The first kappa shape index (κ1) is 17.3. The number of hydrogen-bond donors (Lipinski definition) is 2. The van der Waals surface area contributed by atoms with Crippen LogP contribution in [0.4, 0.5) is 18.0 Å². The van der Waals surface area contributed by atoms with Gasteiger partial charge in [-0.15, -0.1) is 0 Å². The number of rotatable bonds is 3. The molecule has 2 aromatic carbocycles. The van der Waals surface area contributed by atoms with Crippen LogP contribution in [0.3, 0.4) is 0 Å². The van der Waals surface area contributed by atoms with E-state index in [0.717, 1.165) is 34.4 Å². The Morgan fingerprint density at radius 3 is 2.36 bits per heavy atom. The van der Waals surface area contributed by atoms with Gasteiger partial charge in [0.05, 0.1) is 11.6 Å². The second-order valence-corrected chi connectivity index (χ2v) is 6.36. The van der Waals surface area contributed by atoms with E-state index in [1.807, 2.05) is 32.0 Å². The molecule has 1 saturated heterocycles. The normalized spacial score (nSPS) is 18.6. The largest absolute Gasteiger partial charge is 0.416 e. The van der Waals surface area contributed by atoms with Crippen molar-refractivity contribution >= 4 is 6.03 Å². The number of carbonyl (C=O) groups excluding carboxylic acids is 1. The topological polar surface area (TPSA) is 41.1 Å². The molecule has 6 heteroatoms. The molecule has 0 aromatic heterocycles. The molecule has 1 aliphatic heterocycles. The first-order valence-corrected chi connectivity index (χ1v) is 8.09. The van der Waals surface area contributed by atoms with Crippen molar-refractivity contribution in [1.29, 1.82) is 0 Å². The summed E-state index contributed by atoms with van der Waals surface area (Å²) in [5, 5.41) is 5.62. The lowest BCUT2D eigenvalue weighted by Crippen LogP contribution is -2.31. The van der Waals surface area contributed by atoms with Crippen molar-refractivity contribution in [2.45, 2.75) is 32.0 Å². The van der Waals surface area contributed by atoms with Crippen LogP contribution >= 0.6 is 0 Å². The Morgan fingerprint density at radius 2 is 1.80 bits per heavy atom. The van der Waals surface area contributed by atoms with Crippen molar-refractivity contribution in [2.75, 3.05) is 6.54 Å². The number of carbonyl (C=O) groups is 1. The highest BCUT2D eigenvalue weighted by molar-refractivity contribution is 5.77. The number of hydrogen-bond acceptors (Lipinski definition) is 1. The molecule has 0 radical (unpaired) electrons. The van der Waals surface area contributed by atoms with Crippen molar-refractivity contribution in [3.8, 4) is 11.1 Å². The van der Waals surface area contributed by atoms with Gasteiger partial charge in [-0.2, -0.15) is 13.2 Å². The summed E-state index contributed by atoms with van der Waals surface area (Å²) in [6.07, 6.45) is -4.35. The van der Waals surface area contributed by atoms with Crippen LogP contribution < -0.4 is 10.6 Å². The van der Waals surface area contributed by atoms with Crippen LogP contribution in [0.25, 0.3) is 11.1 Å². The van der Waals surface area contributed by atoms with Gasteiger partial charge in [-0.1, -0.05) is 37.3 Å². The molecule has 2 amide bonds. The Balaban J connectivity index is 2.00. The first-order chi connectivity index (χ1) is 11.8. The van der Waals surface area contributed by atoms with E-state index in [-0.39, 0.29) is 18.0 Å². The number of benzene rings is 2. The molecule has 0 spiro atoms. The Morgan fingerprint density at radius 1 is 1.12 bits per heavy atom. The lowest BCUT2D eigenvalue weighted by atomic mass is 9.85. The molecule has 1 heterocycles. The van der Waals surface area contributed by atoms with Gasteiger partial charge in [0, 0.05) is 12.5 Å². The minimum Gasteiger partial charge on any atom is -0.336 e. The second kappa shape index (κ2) is 6.43. The van der Waals surface area contributed by atoms with Gasteiger partial charge in [-0.05, 0) is 41.3 Å². The van der Waals surface area contributed by atoms with E-state index in [0.29, 0.717) is 6.54 Å². The van der Waals surface area contributed by atoms with E-state index < -0.39 is 11.7 Å². The Bertz CT molecular complexity index is 784. The number of amides is 2. The van der Waals surface area contributed by atoms with Crippen molar-refractivity contribution in [3.63, 3.8) is 0 Å². The summed E-state index contributed by atoms with van der Waals surface area (Å²) in [7, 11) is 0. The van der Waals surface area contributed by atoms with Gasteiger partial charge in [-0.25, -0.2) is 4.79 Å². The molecule has 0 bridgehead atoms. The quantitative estimate of drug-likeness (QED) is 0.844. The maximum absolute atomic E-state index is 12.8. The fraction of sp³-hybridized carbons (Fsp3) is 0.316. The smallest absolute Gasteiger partial charge is 0.336 e. The predicted molar refractivity (Wildman–Crippen MR) is 90.4 cm³/mol. The molecule has 25 heavy (non-hydrogen) atoms.